The largest absolute Gasteiger partial charge is 0.454 e. The molecule has 7 nitrogen and oxygen atoms in total. The lowest BCUT2D eigenvalue weighted by atomic mass is 9.90. The monoisotopic (exact) mass is 415 g/mol. The summed E-state index contributed by atoms with van der Waals surface area (Å²) in [6, 6.07) is 11.0. The lowest BCUT2D eigenvalue weighted by molar-refractivity contribution is -0.156. The van der Waals surface area contributed by atoms with Gasteiger partial charge in [0.1, 0.15) is 16.5 Å². The molecule has 0 bridgehead atoms. The molecule has 2 aliphatic rings. The van der Waals surface area contributed by atoms with Crippen molar-refractivity contribution < 1.29 is 19.1 Å². The van der Waals surface area contributed by atoms with Crippen molar-refractivity contribution in [3.05, 3.63) is 35.9 Å². The summed E-state index contributed by atoms with van der Waals surface area (Å²) < 4.78 is 5.23. The van der Waals surface area contributed by atoms with Gasteiger partial charge in [0, 0.05) is 12.2 Å². The van der Waals surface area contributed by atoms with Crippen molar-refractivity contribution in [3.8, 4) is 6.07 Å². The number of fused-ring (bicyclic) bond motifs is 1. The van der Waals surface area contributed by atoms with Gasteiger partial charge < -0.3 is 15.0 Å². The van der Waals surface area contributed by atoms with E-state index in [4.69, 9.17) is 4.74 Å². The van der Waals surface area contributed by atoms with E-state index in [0.29, 0.717) is 18.6 Å². The number of carbonyl (C=O) groups excluding carboxylic acids is 3. The standard InChI is InChI=1S/C21H25N3O4S/c1-14(2)20(3,13-22)23-17(25)11-28-19(27)16-12-29-21(10-9-18(26)24(16)21)15-7-5-4-6-8-15/h4-8,14,16H,9-12H2,1-3H3,(H,23,25)/t16-,20-,21+/m0/s1. The summed E-state index contributed by atoms with van der Waals surface area (Å²) in [5.41, 5.74) is -0.0503. The van der Waals surface area contributed by atoms with Crippen molar-refractivity contribution >= 4 is 29.5 Å². The maximum atomic E-state index is 12.7. The smallest absolute Gasteiger partial charge is 0.330 e. The average Bonchev–Trinajstić information content (AvgIpc) is 3.26. The van der Waals surface area contributed by atoms with E-state index in [1.54, 1.807) is 23.6 Å². The number of amides is 2. The fraction of sp³-hybridized carbons (Fsp3) is 0.524. The van der Waals surface area contributed by atoms with Crippen molar-refractivity contribution in [3.63, 3.8) is 0 Å². The normalized spacial score (nSPS) is 25.3. The zero-order valence-corrected chi connectivity index (χ0v) is 17.6. The van der Waals surface area contributed by atoms with Gasteiger partial charge in [0.15, 0.2) is 6.61 Å². The molecule has 0 saturated carbocycles. The first kappa shape index (κ1) is 21.2. The van der Waals surface area contributed by atoms with E-state index in [9.17, 15) is 19.6 Å². The predicted molar refractivity (Wildman–Crippen MR) is 108 cm³/mol. The molecular formula is C21H25N3O4S. The Morgan fingerprint density at radius 2 is 2.10 bits per heavy atom. The van der Waals surface area contributed by atoms with Crippen molar-refractivity contribution in [2.75, 3.05) is 12.4 Å². The first-order valence-corrected chi connectivity index (χ1v) is 10.6. The molecule has 0 aliphatic carbocycles. The molecule has 2 fully saturated rings. The Balaban J connectivity index is 1.67. The molecule has 0 aromatic heterocycles. The lowest BCUT2D eigenvalue weighted by Gasteiger charge is -2.33. The molecule has 0 unspecified atom stereocenters. The van der Waals surface area contributed by atoms with E-state index in [-0.39, 0.29) is 11.8 Å². The Kier molecular flexibility index (Phi) is 5.90. The first-order valence-electron chi connectivity index (χ1n) is 9.64. The summed E-state index contributed by atoms with van der Waals surface area (Å²) in [5.74, 6) is -0.898. The minimum atomic E-state index is -1.04. The van der Waals surface area contributed by atoms with Crippen LogP contribution < -0.4 is 5.32 Å². The predicted octanol–water partition coefficient (Wildman–Crippen LogP) is 2.17. The van der Waals surface area contributed by atoms with Crippen LogP contribution in [0.25, 0.3) is 0 Å². The zero-order chi connectivity index (χ0) is 21.2. The molecule has 3 atom stereocenters. The van der Waals surface area contributed by atoms with E-state index in [0.717, 1.165) is 5.56 Å². The van der Waals surface area contributed by atoms with Crippen LogP contribution in [0.5, 0.6) is 0 Å². The van der Waals surface area contributed by atoms with Gasteiger partial charge >= 0.3 is 5.97 Å². The van der Waals surface area contributed by atoms with Crippen LogP contribution in [0, 0.1) is 17.2 Å². The Labute approximate surface area is 174 Å². The first-order chi connectivity index (χ1) is 13.7. The maximum absolute atomic E-state index is 12.7. The Morgan fingerprint density at radius 3 is 2.72 bits per heavy atom. The summed E-state index contributed by atoms with van der Waals surface area (Å²) in [7, 11) is 0. The molecule has 1 aromatic carbocycles. The number of thioether (sulfide) groups is 1. The van der Waals surface area contributed by atoms with Crippen molar-refractivity contribution in [2.24, 2.45) is 5.92 Å². The van der Waals surface area contributed by atoms with Crippen LogP contribution in [-0.4, -0.2) is 46.6 Å². The van der Waals surface area contributed by atoms with Crippen LogP contribution >= 0.6 is 11.8 Å². The van der Waals surface area contributed by atoms with Crippen LogP contribution in [-0.2, 0) is 24.0 Å². The second-order valence-corrected chi connectivity index (χ2v) is 9.16. The van der Waals surface area contributed by atoms with Gasteiger partial charge in [-0.25, -0.2) is 4.79 Å². The Morgan fingerprint density at radius 1 is 1.41 bits per heavy atom. The number of hydrogen-bond donors (Lipinski definition) is 1. The van der Waals surface area contributed by atoms with E-state index >= 15 is 0 Å². The Hall–Kier alpha value is -2.53. The van der Waals surface area contributed by atoms with Crippen molar-refractivity contribution in [2.45, 2.75) is 50.1 Å². The number of benzene rings is 1. The molecule has 29 heavy (non-hydrogen) atoms. The minimum Gasteiger partial charge on any atom is -0.454 e. The summed E-state index contributed by atoms with van der Waals surface area (Å²) in [5, 5.41) is 11.9. The molecule has 2 heterocycles. The highest BCUT2D eigenvalue weighted by atomic mass is 32.2. The number of nitriles is 1. The number of ether oxygens (including phenoxy) is 1. The second-order valence-electron chi connectivity index (χ2n) is 7.87. The van der Waals surface area contributed by atoms with E-state index in [1.165, 1.54) is 0 Å². The molecule has 2 amide bonds. The van der Waals surface area contributed by atoms with E-state index in [1.807, 2.05) is 44.2 Å². The van der Waals surface area contributed by atoms with Crippen LogP contribution in [0.4, 0.5) is 0 Å². The van der Waals surface area contributed by atoms with Gasteiger partial charge in [0.2, 0.25) is 5.91 Å². The molecule has 0 spiro atoms. The number of nitrogens with one attached hydrogen (secondary N) is 1. The number of nitrogens with zero attached hydrogens (tertiary/aromatic N) is 2. The highest BCUT2D eigenvalue weighted by molar-refractivity contribution is 8.00. The molecule has 3 rings (SSSR count). The van der Waals surface area contributed by atoms with Gasteiger partial charge in [0.05, 0.1) is 6.07 Å². The molecule has 1 aromatic rings. The summed E-state index contributed by atoms with van der Waals surface area (Å²) in [4.78, 5) is 38.5. The number of carbonyl (C=O) groups is 3. The summed E-state index contributed by atoms with van der Waals surface area (Å²) in [6.07, 6.45) is 1.01. The molecule has 8 heteroatoms. The van der Waals surface area contributed by atoms with Crippen LogP contribution in [0.15, 0.2) is 30.3 Å². The van der Waals surface area contributed by atoms with Gasteiger partial charge in [-0.2, -0.15) is 5.26 Å². The molecule has 0 radical (unpaired) electrons. The fourth-order valence-electron chi connectivity index (χ4n) is 3.68. The fourth-order valence-corrected chi connectivity index (χ4v) is 5.31. The van der Waals surface area contributed by atoms with Crippen LogP contribution in [0.1, 0.15) is 39.2 Å². The van der Waals surface area contributed by atoms with Crippen molar-refractivity contribution in [1.82, 2.24) is 10.2 Å². The van der Waals surface area contributed by atoms with Crippen molar-refractivity contribution in [1.29, 1.82) is 5.26 Å². The Bertz CT molecular complexity index is 853. The molecule has 154 valence electrons. The average molecular weight is 416 g/mol. The van der Waals surface area contributed by atoms with Gasteiger partial charge in [-0.1, -0.05) is 44.2 Å². The van der Waals surface area contributed by atoms with E-state index < -0.39 is 34.9 Å². The quantitative estimate of drug-likeness (QED) is 0.715. The third-order valence-corrected chi connectivity index (χ3v) is 7.35. The van der Waals surface area contributed by atoms with Gasteiger partial charge in [-0.15, -0.1) is 11.8 Å². The maximum Gasteiger partial charge on any atom is 0.330 e. The molecular weight excluding hydrogens is 390 g/mol. The SMILES string of the molecule is CC(C)[C@](C)(C#N)NC(=O)COC(=O)[C@@H]1CS[C@@]2(c3ccccc3)CCC(=O)N12. The number of rotatable bonds is 6. The van der Waals surface area contributed by atoms with E-state index in [2.05, 4.69) is 11.4 Å². The third kappa shape index (κ3) is 3.84. The topological polar surface area (TPSA) is 99.5 Å². The highest BCUT2D eigenvalue weighted by Gasteiger charge is 2.57. The van der Waals surface area contributed by atoms with Gasteiger partial charge in [-0.05, 0) is 24.8 Å². The molecule has 2 aliphatic heterocycles. The number of esters is 1. The lowest BCUT2D eigenvalue weighted by Crippen LogP contribution is -2.51. The minimum absolute atomic E-state index is 0.0814. The van der Waals surface area contributed by atoms with Gasteiger partial charge in [0.25, 0.3) is 5.91 Å². The zero-order valence-electron chi connectivity index (χ0n) is 16.8. The molecule has 2 saturated heterocycles. The second kappa shape index (κ2) is 8.07. The summed E-state index contributed by atoms with van der Waals surface area (Å²) in [6.45, 7) is 4.80. The number of hydrogen-bond acceptors (Lipinski definition) is 6. The van der Waals surface area contributed by atoms with Crippen LogP contribution in [0.3, 0.4) is 0 Å². The third-order valence-electron chi connectivity index (χ3n) is 5.76. The summed E-state index contributed by atoms with van der Waals surface area (Å²) >= 11 is 1.57. The van der Waals surface area contributed by atoms with Crippen LogP contribution in [0.2, 0.25) is 0 Å². The van der Waals surface area contributed by atoms with Gasteiger partial charge in [-0.3, -0.25) is 9.59 Å². The molecule has 1 N–H and O–H groups in total. The highest BCUT2D eigenvalue weighted by Crippen LogP contribution is 2.54.